The molecule has 0 aliphatic rings. The van der Waals surface area contributed by atoms with Crippen molar-refractivity contribution in [2.75, 3.05) is 26.4 Å². The molecule has 2 rings (SSSR count). The summed E-state index contributed by atoms with van der Waals surface area (Å²) in [7, 11) is 0.791. The van der Waals surface area contributed by atoms with E-state index < -0.39 is 9.84 Å². The zero-order valence-corrected chi connectivity index (χ0v) is 17.0. The van der Waals surface area contributed by atoms with Gasteiger partial charge in [0.2, 0.25) is 0 Å². The summed E-state index contributed by atoms with van der Waals surface area (Å²) in [6.07, 6.45) is 1.87. The quantitative estimate of drug-likeness (QED) is 0.704. The molecule has 1 heterocycles. The number of carbonyl (C=O) groups is 1. The lowest BCUT2D eigenvalue weighted by Crippen LogP contribution is -2.33. The van der Waals surface area contributed by atoms with Crippen molar-refractivity contribution in [1.82, 2.24) is 15.4 Å². The summed E-state index contributed by atoms with van der Waals surface area (Å²) in [6.45, 7) is 4.53. The lowest BCUT2D eigenvalue weighted by molar-refractivity contribution is 0.0928. The molecule has 1 aromatic carbocycles. The average molecular weight is 394 g/mol. The Morgan fingerprint density at radius 1 is 1.26 bits per heavy atom. The molecule has 8 heteroatoms. The molecule has 1 atom stereocenters. The van der Waals surface area contributed by atoms with Crippen molar-refractivity contribution in [3.63, 3.8) is 0 Å². The van der Waals surface area contributed by atoms with Crippen molar-refractivity contribution in [1.29, 1.82) is 0 Å². The first-order chi connectivity index (χ1) is 12.7. The predicted molar refractivity (Wildman–Crippen MR) is 104 cm³/mol. The van der Waals surface area contributed by atoms with E-state index >= 15 is 0 Å². The van der Waals surface area contributed by atoms with E-state index in [9.17, 15) is 13.2 Å². The standard InChI is InChI=1S/C19H27N3O4S/c1-5-27(24,25)16-10-8-15(9-11-16)18-13-17(21-26-18)19(23)20-14(2)7-6-12-22(3)4/h8-11,13-14H,5-7,12H2,1-4H3,(H,20,23). The summed E-state index contributed by atoms with van der Waals surface area (Å²) in [4.78, 5) is 14.7. The van der Waals surface area contributed by atoms with Crippen LogP contribution in [0.5, 0.6) is 0 Å². The Bertz CT molecular complexity index is 857. The SMILES string of the molecule is CCS(=O)(=O)c1ccc(-c2cc(C(=O)NC(C)CCCN(C)C)no2)cc1. The van der Waals surface area contributed by atoms with Gasteiger partial charge in [-0.1, -0.05) is 12.1 Å². The molecule has 1 unspecified atom stereocenters. The summed E-state index contributed by atoms with van der Waals surface area (Å²) in [5.41, 5.74) is 0.866. The van der Waals surface area contributed by atoms with Gasteiger partial charge < -0.3 is 14.7 Å². The maximum Gasteiger partial charge on any atom is 0.273 e. The van der Waals surface area contributed by atoms with Crippen LogP contribution in [-0.2, 0) is 9.84 Å². The molecule has 0 bridgehead atoms. The second-order valence-corrected chi connectivity index (χ2v) is 9.10. The topological polar surface area (TPSA) is 92.5 Å². The first kappa shape index (κ1) is 21.1. The predicted octanol–water partition coefficient (Wildman–Crippen LogP) is 2.60. The third-order valence-corrected chi connectivity index (χ3v) is 5.99. The smallest absolute Gasteiger partial charge is 0.273 e. The zero-order valence-electron chi connectivity index (χ0n) is 16.2. The van der Waals surface area contributed by atoms with Gasteiger partial charge in [-0.05, 0) is 64.7 Å². The van der Waals surface area contributed by atoms with Gasteiger partial charge in [0.15, 0.2) is 21.3 Å². The second-order valence-electron chi connectivity index (χ2n) is 6.82. The third kappa shape index (κ3) is 5.90. The fourth-order valence-electron chi connectivity index (χ4n) is 2.60. The lowest BCUT2D eigenvalue weighted by Gasteiger charge is -2.14. The van der Waals surface area contributed by atoms with Gasteiger partial charge in [0, 0.05) is 17.7 Å². The molecule has 7 nitrogen and oxygen atoms in total. The van der Waals surface area contributed by atoms with Gasteiger partial charge in [0.1, 0.15) is 0 Å². The van der Waals surface area contributed by atoms with Crippen LogP contribution in [0.3, 0.4) is 0 Å². The number of hydrogen-bond donors (Lipinski definition) is 1. The molecule has 0 radical (unpaired) electrons. The molecule has 1 amide bonds. The summed E-state index contributed by atoms with van der Waals surface area (Å²) < 4.78 is 29.0. The molecule has 0 spiro atoms. The lowest BCUT2D eigenvalue weighted by atomic mass is 10.1. The maximum absolute atomic E-state index is 12.3. The Labute approximate surface area is 160 Å². The Morgan fingerprint density at radius 2 is 1.93 bits per heavy atom. The van der Waals surface area contributed by atoms with E-state index in [2.05, 4.69) is 15.4 Å². The molecule has 0 saturated carbocycles. The van der Waals surface area contributed by atoms with E-state index in [0.29, 0.717) is 11.3 Å². The first-order valence-corrected chi connectivity index (χ1v) is 10.6. The van der Waals surface area contributed by atoms with Crippen LogP contribution in [0.2, 0.25) is 0 Å². The van der Waals surface area contributed by atoms with E-state index in [0.717, 1.165) is 19.4 Å². The molecule has 1 N–H and O–H groups in total. The largest absolute Gasteiger partial charge is 0.355 e. The summed E-state index contributed by atoms with van der Waals surface area (Å²) >= 11 is 0. The molecule has 148 valence electrons. The summed E-state index contributed by atoms with van der Waals surface area (Å²) in [5.74, 6) is 0.180. The van der Waals surface area contributed by atoms with Crippen molar-refractivity contribution >= 4 is 15.7 Å². The van der Waals surface area contributed by atoms with Gasteiger partial charge in [-0.25, -0.2) is 8.42 Å². The minimum absolute atomic E-state index is 0.0381. The van der Waals surface area contributed by atoms with Gasteiger partial charge in [0.25, 0.3) is 5.91 Å². The number of rotatable bonds is 9. The van der Waals surface area contributed by atoms with E-state index in [1.807, 2.05) is 21.0 Å². The molecule has 0 saturated heterocycles. The van der Waals surface area contributed by atoms with Crippen LogP contribution in [0, 0.1) is 0 Å². The van der Waals surface area contributed by atoms with Gasteiger partial charge in [-0.2, -0.15) is 0 Å². The van der Waals surface area contributed by atoms with Crippen LogP contribution in [0.1, 0.15) is 37.2 Å². The number of aromatic nitrogens is 1. The molecule has 27 heavy (non-hydrogen) atoms. The molecular formula is C19H27N3O4S. The Morgan fingerprint density at radius 3 is 2.52 bits per heavy atom. The van der Waals surface area contributed by atoms with Gasteiger partial charge in [-0.15, -0.1) is 0 Å². The number of hydrogen-bond acceptors (Lipinski definition) is 6. The molecule has 0 aliphatic heterocycles. The van der Waals surface area contributed by atoms with Crippen LogP contribution in [0.25, 0.3) is 11.3 Å². The van der Waals surface area contributed by atoms with Crippen LogP contribution in [0.4, 0.5) is 0 Å². The van der Waals surface area contributed by atoms with Crippen molar-refractivity contribution in [2.45, 2.75) is 37.6 Å². The number of carbonyl (C=O) groups excluding carboxylic acids is 1. The van der Waals surface area contributed by atoms with E-state index in [1.54, 1.807) is 25.1 Å². The molecule has 0 aliphatic carbocycles. The van der Waals surface area contributed by atoms with Gasteiger partial charge in [-0.3, -0.25) is 4.79 Å². The summed E-state index contributed by atoms with van der Waals surface area (Å²) in [6, 6.07) is 7.96. The van der Waals surface area contributed by atoms with Crippen LogP contribution >= 0.6 is 0 Å². The van der Waals surface area contributed by atoms with E-state index in [-0.39, 0.29) is 28.3 Å². The van der Waals surface area contributed by atoms with Crippen molar-refractivity contribution in [2.24, 2.45) is 0 Å². The van der Waals surface area contributed by atoms with E-state index in [1.165, 1.54) is 12.1 Å². The first-order valence-electron chi connectivity index (χ1n) is 8.98. The van der Waals surface area contributed by atoms with Gasteiger partial charge >= 0.3 is 0 Å². The summed E-state index contributed by atoms with van der Waals surface area (Å²) in [5, 5.41) is 6.74. The highest BCUT2D eigenvalue weighted by atomic mass is 32.2. The average Bonchev–Trinajstić information content (AvgIpc) is 3.11. The fraction of sp³-hybridized carbons (Fsp3) is 0.474. The van der Waals surface area contributed by atoms with Crippen LogP contribution in [0.15, 0.2) is 39.8 Å². The van der Waals surface area contributed by atoms with Crippen LogP contribution < -0.4 is 5.32 Å². The number of amides is 1. The minimum Gasteiger partial charge on any atom is -0.355 e. The maximum atomic E-state index is 12.3. The Hall–Kier alpha value is -2.19. The molecular weight excluding hydrogens is 366 g/mol. The molecule has 0 fully saturated rings. The highest BCUT2D eigenvalue weighted by molar-refractivity contribution is 7.91. The van der Waals surface area contributed by atoms with E-state index in [4.69, 9.17) is 4.52 Å². The second kappa shape index (κ2) is 9.14. The highest BCUT2D eigenvalue weighted by Gasteiger charge is 2.17. The number of nitrogens with one attached hydrogen (secondary N) is 1. The van der Waals surface area contributed by atoms with Crippen molar-refractivity contribution in [3.05, 3.63) is 36.0 Å². The van der Waals surface area contributed by atoms with Gasteiger partial charge in [0.05, 0.1) is 10.6 Å². The molecule has 1 aromatic heterocycles. The third-order valence-electron chi connectivity index (χ3n) is 4.24. The Balaban J connectivity index is 2.00. The molecule has 2 aromatic rings. The fourth-order valence-corrected chi connectivity index (χ4v) is 3.48. The minimum atomic E-state index is -3.25. The Kier molecular flexibility index (Phi) is 7.15. The normalized spacial score (nSPS) is 12.9. The number of nitrogens with zero attached hydrogens (tertiary/aromatic N) is 2. The van der Waals surface area contributed by atoms with Crippen molar-refractivity contribution in [3.8, 4) is 11.3 Å². The number of benzene rings is 1. The highest BCUT2D eigenvalue weighted by Crippen LogP contribution is 2.22. The van der Waals surface area contributed by atoms with Crippen LogP contribution in [-0.4, -0.2) is 56.8 Å². The zero-order chi connectivity index (χ0) is 20.0. The van der Waals surface area contributed by atoms with Crippen molar-refractivity contribution < 1.29 is 17.7 Å². The monoisotopic (exact) mass is 393 g/mol. The number of sulfone groups is 1.